The van der Waals surface area contributed by atoms with Crippen molar-refractivity contribution in [1.29, 1.82) is 0 Å². The molecule has 0 aromatic heterocycles. The smallest absolute Gasteiger partial charge is 0.0234 e. The highest BCUT2D eigenvalue weighted by molar-refractivity contribution is 5.64. The van der Waals surface area contributed by atoms with Crippen molar-refractivity contribution < 1.29 is 0 Å². The molecule has 1 fully saturated rings. The van der Waals surface area contributed by atoms with Crippen molar-refractivity contribution in [3.05, 3.63) is 42.5 Å². The van der Waals surface area contributed by atoms with Gasteiger partial charge < -0.3 is 5.32 Å². The van der Waals surface area contributed by atoms with Crippen molar-refractivity contribution in [3.8, 4) is 0 Å². The van der Waals surface area contributed by atoms with Crippen LogP contribution in [0.25, 0.3) is 5.57 Å². The normalized spacial score (nSPS) is 21.9. The van der Waals surface area contributed by atoms with E-state index in [4.69, 9.17) is 0 Å². The van der Waals surface area contributed by atoms with E-state index in [2.05, 4.69) is 48.0 Å². The highest BCUT2D eigenvalue weighted by atomic mass is 15.2. The summed E-state index contributed by atoms with van der Waals surface area (Å²) in [6, 6.07) is 11.0. The van der Waals surface area contributed by atoms with Crippen molar-refractivity contribution in [3.63, 3.8) is 0 Å². The zero-order chi connectivity index (χ0) is 11.4. The molecule has 1 saturated heterocycles. The topological polar surface area (TPSA) is 15.3 Å². The van der Waals surface area contributed by atoms with Crippen LogP contribution in [0.2, 0.25) is 0 Å². The van der Waals surface area contributed by atoms with E-state index in [0.29, 0.717) is 6.04 Å². The predicted molar refractivity (Wildman–Crippen MR) is 69.4 cm³/mol. The van der Waals surface area contributed by atoms with Gasteiger partial charge in [0.25, 0.3) is 0 Å². The first-order valence-corrected chi connectivity index (χ1v) is 5.94. The van der Waals surface area contributed by atoms with Gasteiger partial charge >= 0.3 is 0 Å². The summed E-state index contributed by atoms with van der Waals surface area (Å²) in [5, 5.41) is 3.45. The summed E-state index contributed by atoms with van der Waals surface area (Å²) in [7, 11) is 0. The molecule has 1 aliphatic heterocycles. The third-order valence-corrected chi connectivity index (χ3v) is 3.05. The maximum Gasteiger partial charge on any atom is 0.0234 e. The lowest BCUT2D eigenvalue weighted by atomic mass is 10.1. The second kappa shape index (κ2) is 5.28. The van der Waals surface area contributed by atoms with Crippen LogP contribution in [-0.2, 0) is 0 Å². The number of nitrogens with one attached hydrogen (secondary N) is 1. The summed E-state index contributed by atoms with van der Waals surface area (Å²) in [4.78, 5) is 2.47. The Bertz CT molecular complexity index is 345. The van der Waals surface area contributed by atoms with Crippen LogP contribution >= 0.6 is 0 Å². The number of hydrogen-bond donors (Lipinski definition) is 1. The van der Waals surface area contributed by atoms with Gasteiger partial charge in [0.2, 0.25) is 0 Å². The Morgan fingerprint density at radius 1 is 1.44 bits per heavy atom. The van der Waals surface area contributed by atoms with Crippen molar-refractivity contribution in [2.24, 2.45) is 0 Å². The Hall–Kier alpha value is -1.12. The molecule has 0 radical (unpaired) electrons. The van der Waals surface area contributed by atoms with Crippen LogP contribution in [0.15, 0.2) is 36.9 Å². The molecule has 0 saturated carbocycles. The van der Waals surface area contributed by atoms with Crippen molar-refractivity contribution in [1.82, 2.24) is 10.2 Å². The zero-order valence-electron chi connectivity index (χ0n) is 9.95. The van der Waals surface area contributed by atoms with E-state index < -0.39 is 0 Å². The minimum absolute atomic E-state index is 0.595. The fourth-order valence-electron chi connectivity index (χ4n) is 2.19. The van der Waals surface area contributed by atoms with Crippen LogP contribution < -0.4 is 5.32 Å². The molecule has 2 rings (SSSR count). The Kier molecular flexibility index (Phi) is 3.75. The highest BCUT2D eigenvalue weighted by Gasteiger charge is 2.15. The molecule has 0 bridgehead atoms. The molecule has 16 heavy (non-hydrogen) atoms. The lowest BCUT2D eigenvalue weighted by molar-refractivity contribution is 0.229. The Morgan fingerprint density at radius 3 is 2.88 bits per heavy atom. The van der Waals surface area contributed by atoms with E-state index in [1.54, 1.807) is 0 Å². The van der Waals surface area contributed by atoms with Crippen LogP contribution in [0.3, 0.4) is 0 Å². The average molecular weight is 216 g/mol. The van der Waals surface area contributed by atoms with Gasteiger partial charge in [0.1, 0.15) is 0 Å². The maximum absolute atomic E-state index is 4.18. The molecule has 2 nitrogen and oxygen atoms in total. The lowest BCUT2D eigenvalue weighted by Gasteiger charge is -2.32. The Labute approximate surface area is 98.0 Å². The second-order valence-corrected chi connectivity index (χ2v) is 4.56. The number of nitrogens with zero attached hydrogens (tertiary/aromatic N) is 1. The molecule has 1 aliphatic rings. The minimum atomic E-state index is 0.595. The van der Waals surface area contributed by atoms with E-state index in [9.17, 15) is 0 Å². The first kappa shape index (κ1) is 11.4. The summed E-state index contributed by atoms with van der Waals surface area (Å²) in [6.07, 6.45) is 0. The Balaban J connectivity index is 1.92. The molecule has 1 N–H and O–H groups in total. The molecule has 86 valence electrons. The number of hydrogen-bond acceptors (Lipinski definition) is 2. The first-order valence-electron chi connectivity index (χ1n) is 5.94. The molecular weight excluding hydrogens is 196 g/mol. The van der Waals surface area contributed by atoms with Crippen LogP contribution in [0.5, 0.6) is 0 Å². The number of piperazine rings is 1. The number of rotatable bonds is 3. The van der Waals surface area contributed by atoms with Gasteiger partial charge in [-0.3, -0.25) is 4.90 Å². The molecule has 1 aromatic rings. The minimum Gasteiger partial charge on any atom is -0.312 e. The van der Waals surface area contributed by atoms with Gasteiger partial charge in [-0.2, -0.15) is 0 Å². The van der Waals surface area contributed by atoms with Gasteiger partial charge in [0, 0.05) is 32.2 Å². The molecule has 2 heteroatoms. The molecule has 1 heterocycles. The predicted octanol–water partition coefficient (Wildman–Crippen LogP) is 1.99. The molecule has 1 aromatic carbocycles. The molecule has 0 aliphatic carbocycles. The van der Waals surface area contributed by atoms with Crippen molar-refractivity contribution in [2.75, 3.05) is 26.2 Å². The van der Waals surface area contributed by atoms with Gasteiger partial charge in [-0.15, -0.1) is 0 Å². The molecule has 0 spiro atoms. The first-order chi connectivity index (χ1) is 7.75. The average Bonchev–Trinajstić information content (AvgIpc) is 2.30. The fraction of sp³-hybridized carbons (Fsp3) is 0.429. The lowest BCUT2D eigenvalue weighted by Crippen LogP contribution is -2.49. The monoisotopic (exact) mass is 216 g/mol. The summed E-state index contributed by atoms with van der Waals surface area (Å²) in [6.45, 7) is 10.7. The van der Waals surface area contributed by atoms with Gasteiger partial charge in [0.15, 0.2) is 0 Å². The zero-order valence-corrected chi connectivity index (χ0v) is 9.95. The quantitative estimate of drug-likeness (QED) is 0.831. The van der Waals surface area contributed by atoms with Crippen LogP contribution in [-0.4, -0.2) is 37.1 Å². The van der Waals surface area contributed by atoms with Gasteiger partial charge in [-0.05, 0) is 18.1 Å². The standard InChI is InChI=1S/C14H20N2/c1-12(14-6-4-3-5-7-14)10-16-9-8-15-13(2)11-16/h3-7,13,15H,1,8-11H2,2H3/t13-/m0/s1. The van der Waals surface area contributed by atoms with E-state index in [-0.39, 0.29) is 0 Å². The largest absolute Gasteiger partial charge is 0.312 e. The van der Waals surface area contributed by atoms with E-state index >= 15 is 0 Å². The van der Waals surface area contributed by atoms with Crippen molar-refractivity contribution in [2.45, 2.75) is 13.0 Å². The SMILES string of the molecule is C=C(CN1CCN[C@@H](C)C1)c1ccccc1. The number of benzene rings is 1. The second-order valence-electron chi connectivity index (χ2n) is 4.56. The van der Waals surface area contributed by atoms with E-state index in [1.165, 1.54) is 11.1 Å². The Morgan fingerprint density at radius 2 is 2.19 bits per heavy atom. The molecule has 1 atom stereocenters. The maximum atomic E-state index is 4.18. The van der Waals surface area contributed by atoms with Gasteiger partial charge in [0.05, 0.1) is 0 Å². The molecule has 0 amide bonds. The summed E-state index contributed by atoms with van der Waals surface area (Å²) >= 11 is 0. The summed E-state index contributed by atoms with van der Waals surface area (Å²) in [5.74, 6) is 0. The molecular formula is C14H20N2. The molecule has 0 unspecified atom stereocenters. The van der Waals surface area contributed by atoms with Crippen LogP contribution in [0.4, 0.5) is 0 Å². The van der Waals surface area contributed by atoms with Crippen LogP contribution in [0.1, 0.15) is 12.5 Å². The highest BCUT2D eigenvalue weighted by Crippen LogP contribution is 2.14. The fourth-order valence-corrected chi connectivity index (χ4v) is 2.19. The van der Waals surface area contributed by atoms with Crippen LogP contribution in [0, 0.1) is 0 Å². The third kappa shape index (κ3) is 2.94. The third-order valence-electron chi connectivity index (χ3n) is 3.05. The van der Waals surface area contributed by atoms with Gasteiger partial charge in [-0.1, -0.05) is 36.9 Å². The summed E-state index contributed by atoms with van der Waals surface area (Å²) in [5.41, 5.74) is 2.48. The van der Waals surface area contributed by atoms with Crippen molar-refractivity contribution >= 4 is 5.57 Å². The van der Waals surface area contributed by atoms with E-state index in [1.807, 2.05) is 6.07 Å². The summed E-state index contributed by atoms with van der Waals surface area (Å²) < 4.78 is 0. The van der Waals surface area contributed by atoms with E-state index in [0.717, 1.165) is 26.2 Å². The van der Waals surface area contributed by atoms with Gasteiger partial charge in [-0.25, -0.2) is 0 Å².